The van der Waals surface area contributed by atoms with Gasteiger partial charge in [-0.1, -0.05) is 47.2 Å². The SMILES string of the molecule is Cc1ccc(CNC(=O)c2ccc(Cn3nnc4ccsc4c3=O)cc2)cc1. The summed E-state index contributed by atoms with van der Waals surface area (Å²) >= 11 is 1.36. The Labute approximate surface area is 165 Å². The summed E-state index contributed by atoms with van der Waals surface area (Å²) < 4.78 is 1.94. The Balaban J connectivity index is 1.42. The predicted molar refractivity (Wildman–Crippen MR) is 110 cm³/mol. The molecule has 140 valence electrons. The van der Waals surface area contributed by atoms with Crippen LogP contribution >= 0.6 is 11.3 Å². The summed E-state index contributed by atoms with van der Waals surface area (Å²) in [5.41, 5.74) is 4.15. The number of aromatic nitrogens is 3. The van der Waals surface area contributed by atoms with Crippen LogP contribution in [-0.2, 0) is 13.1 Å². The van der Waals surface area contributed by atoms with Gasteiger partial charge in [-0.05, 0) is 41.6 Å². The third-order valence-corrected chi connectivity index (χ3v) is 5.35. The number of hydrogen-bond acceptors (Lipinski definition) is 5. The van der Waals surface area contributed by atoms with E-state index in [0.29, 0.717) is 28.9 Å². The second-order valence-electron chi connectivity index (χ2n) is 6.55. The molecule has 4 rings (SSSR count). The van der Waals surface area contributed by atoms with E-state index in [0.717, 1.165) is 11.1 Å². The Hall–Kier alpha value is -3.32. The Bertz CT molecular complexity index is 1180. The van der Waals surface area contributed by atoms with Crippen LogP contribution in [0.2, 0.25) is 0 Å². The third-order valence-electron chi connectivity index (χ3n) is 4.46. The van der Waals surface area contributed by atoms with Crippen LogP contribution in [-0.4, -0.2) is 20.9 Å². The van der Waals surface area contributed by atoms with Crippen molar-refractivity contribution in [1.29, 1.82) is 0 Å². The first-order valence-corrected chi connectivity index (χ1v) is 9.72. The number of benzene rings is 2. The summed E-state index contributed by atoms with van der Waals surface area (Å²) in [6.07, 6.45) is 0. The van der Waals surface area contributed by atoms with Crippen LogP contribution in [0.1, 0.15) is 27.0 Å². The van der Waals surface area contributed by atoms with Gasteiger partial charge in [0.15, 0.2) is 0 Å². The normalized spacial score (nSPS) is 10.9. The summed E-state index contributed by atoms with van der Waals surface area (Å²) in [5.74, 6) is -0.135. The average molecular weight is 390 g/mol. The number of rotatable bonds is 5. The Morgan fingerprint density at radius 1 is 1.04 bits per heavy atom. The zero-order valence-electron chi connectivity index (χ0n) is 15.3. The molecule has 1 amide bonds. The van der Waals surface area contributed by atoms with E-state index in [1.54, 1.807) is 18.2 Å². The van der Waals surface area contributed by atoms with Gasteiger partial charge in [0.05, 0.1) is 6.54 Å². The van der Waals surface area contributed by atoms with Crippen LogP contribution in [0.4, 0.5) is 0 Å². The van der Waals surface area contributed by atoms with E-state index in [2.05, 4.69) is 15.6 Å². The first-order chi connectivity index (χ1) is 13.6. The minimum absolute atomic E-state index is 0.135. The molecule has 1 N–H and O–H groups in total. The highest BCUT2D eigenvalue weighted by molar-refractivity contribution is 7.17. The van der Waals surface area contributed by atoms with Gasteiger partial charge in [-0.15, -0.1) is 16.4 Å². The number of thiophene rings is 1. The first-order valence-electron chi connectivity index (χ1n) is 8.84. The molecule has 0 aliphatic rings. The number of nitrogens with one attached hydrogen (secondary N) is 1. The van der Waals surface area contributed by atoms with Gasteiger partial charge < -0.3 is 5.32 Å². The molecular weight excluding hydrogens is 372 g/mol. The molecule has 28 heavy (non-hydrogen) atoms. The van der Waals surface area contributed by atoms with Crippen molar-refractivity contribution in [2.45, 2.75) is 20.0 Å². The second kappa shape index (κ2) is 7.74. The van der Waals surface area contributed by atoms with Gasteiger partial charge in [0.25, 0.3) is 11.5 Å². The van der Waals surface area contributed by atoms with E-state index in [9.17, 15) is 9.59 Å². The number of aryl methyl sites for hydroxylation is 1. The van der Waals surface area contributed by atoms with Gasteiger partial charge >= 0.3 is 0 Å². The van der Waals surface area contributed by atoms with Crippen LogP contribution in [0.3, 0.4) is 0 Å². The topological polar surface area (TPSA) is 76.9 Å². The maximum Gasteiger partial charge on any atom is 0.288 e. The van der Waals surface area contributed by atoms with Crippen molar-refractivity contribution in [1.82, 2.24) is 20.3 Å². The number of carbonyl (C=O) groups is 1. The molecule has 0 radical (unpaired) electrons. The molecule has 0 bridgehead atoms. The molecule has 4 aromatic rings. The van der Waals surface area contributed by atoms with Crippen LogP contribution in [0.25, 0.3) is 10.2 Å². The molecule has 2 heterocycles. The summed E-state index contributed by atoms with van der Waals surface area (Å²) in [7, 11) is 0. The van der Waals surface area contributed by atoms with E-state index >= 15 is 0 Å². The Morgan fingerprint density at radius 2 is 1.75 bits per heavy atom. The van der Waals surface area contributed by atoms with Gasteiger partial charge in [0, 0.05) is 12.1 Å². The molecular formula is C21H18N4O2S. The van der Waals surface area contributed by atoms with Gasteiger partial charge in [0.1, 0.15) is 10.2 Å². The molecule has 0 aliphatic heterocycles. The van der Waals surface area contributed by atoms with Crippen LogP contribution in [0.15, 0.2) is 64.8 Å². The van der Waals surface area contributed by atoms with E-state index in [1.165, 1.54) is 21.6 Å². The van der Waals surface area contributed by atoms with Crippen molar-refractivity contribution in [3.05, 3.63) is 92.6 Å². The molecule has 0 saturated heterocycles. The van der Waals surface area contributed by atoms with Gasteiger partial charge in [0.2, 0.25) is 0 Å². The highest BCUT2D eigenvalue weighted by Crippen LogP contribution is 2.13. The highest BCUT2D eigenvalue weighted by atomic mass is 32.1. The van der Waals surface area contributed by atoms with Crippen molar-refractivity contribution in [2.75, 3.05) is 0 Å². The second-order valence-corrected chi connectivity index (χ2v) is 7.47. The van der Waals surface area contributed by atoms with E-state index in [1.807, 2.05) is 48.7 Å². The zero-order chi connectivity index (χ0) is 19.5. The number of nitrogens with zero attached hydrogens (tertiary/aromatic N) is 3. The average Bonchev–Trinajstić information content (AvgIpc) is 3.20. The largest absolute Gasteiger partial charge is 0.348 e. The fourth-order valence-electron chi connectivity index (χ4n) is 2.83. The molecule has 6 nitrogen and oxygen atoms in total. The van der Waals surface area contributed by atoms with Crippen molar-refractivity contribution >= 4 is 27.5 Å². The van der Waals surface area contributed by atoms with Gasteiger partial charge in [-0.25, -0.2) is 4.68 Å². The molecule has 0 unspecified atom stereocenters. The standard InChI is InChI=1S/C21H18N4O2S/c1-14-2-4-15(5-3-14)12-22-20(26)17-8-6-16(7-9-17)13-25-21(27)19-18(23-24-25)10-11-28-19/h2-11H,12-13H2,1H3,(H,22,26). The van der Waals surface area contributed by atoms with E-state index < -0.39 is 0 Å². The Morgan fingerprint density at radius 3 is 2.50 bits per heavy atom. The number of hydrogen-bond donors (Lipinski definition) is 1. The molecule has 0 aliphatic carbocycles. The summed E-state index contributed by atoms with van der Waals surface area (Å²) in [4.78, 5) is 24.8. The smallest absolute Gasteiger partial charge is 0.288 e. The maximum absolute atomic E-state index is 12.4. The predicted octanol–water partition coefficient (Wildman–Crippen LogP) is 3.14. The van der Waals surface area contributed by atoms with E-state index in [-0.39, 0.29) is 11.5 Å². The summed E-state index contributed by atoms with van der Waals surface area (Å²) in [6, 6.07) is 17.0. The fourth-order valence-corrected chi connectivity index (χ4v) is 3.60. The molecule has 0 spiro atoms. The molecule has 2 aromatic heterocycles. The monoisotopic (exact) mass is 390 g/mol. The van der Waals surface area contributed by atoms with Crippen molar-refractivity contribution < 1.29 is 4.79 Å². The van der Waals surface area contributed by atoms with Crippen molar-refractivity contribution in [2.24, 2.45) is 0 Å². The number of amides is 1. The van der Waals surface area contributed by atoms with E-state index in [4.69, 9.17) is 0 Å². The van der Waals surface area contributed by atoms with Crippen LogP contribution < -0.4 is 10.9 Å². The van der Waals surface area contributed by atoms with Crippen molar-refractivity contribution in [3.63, 3.8) is 0 Å². The molecule has 0 fully saturated rings. The lowest BCUT2D eigenvalue weighted by Gasteiger charge is -2.07. The lowest BCUT2D eigenvalue weighted by Crippen LogP contribution is -2.24. The third kappa shape index (κ3) is 3.84. The highest BCUT2D eigenvalue weighted by Gasteiger charge is 2.09. The summed E-state index contributed by atoms with van der Waals surface area (Å²) in [6.45, 7) is 2.82. The minimum Gasteiger partial charge on any atom is -0.348 e. The van der Waals surface area contributed by atoms with Crippen molar-refractivity contribution in [3.8, 4) is 0 Å². The van der Waals surface area contributed by atoms with Gasteiger partial charge in [-0.2, -0.15) is 0 Å². The quantitative estimate of drug-likeness (QED) is 0.568. The lowest BCUT2D eigenvalue weighted by molar-refractivity contribution is 0.0951. The minimum atomic E-state index is -0.153. The van der Waals surface area contributed by atoms with Crippen LogP contribution in [0.5, 0.6) is 0 Å². The van der Waals surface area contributed by atoms with Gasteiger partial charge in [-0.3, -0.25) is 9.59 Å². The molecule has 0 saturated carbocycles. The lowest BCUT2D eigenvalue weighted by atomic mass is 10.1. The maximum atomic E-state index is 12.4. The molecule has 2 aromatic carbocycles. The number of fused-ring (bicyclic) bond motifs is 1. The molecule has 0 atom stereocenters. The number of carbonyl (C=O) groups excluding carboxylic acids is 1. The Kier molecular flexibility index (Phi) is 4.99. The zero-order valence-corrected chi connectivity index (χ0v) is 16.1. The fraction of sp³-hybridized carbons (Fsp3) is 0.143. The first kappa shape index (κ1) is 18.1. The summed E-state index contributed by atoms with van der Waals surface area (Å²) in [5, 5.41) is 12.8. The molecule has 7 heteroatoms. The van der Waals surface area contributed by atoms with Crippen LogP contribution in [0, 0.1) is 6.92 Å².